The number of unbranched alkanes of at least 4 members (excludes halogenated alkanes) is 26. The summed E-state index contributed by atoms with van der Waals surface area (Å²) in [5, 5.41) is 57.0. The first-order chi connectivity index (χ1) is 38.7. The average molecular weight is 1110 g/mol. The zero-order valence-corrected chi connectivity index (χ0v) is 50.0. The first-order valence-electron chi connectivity index (χ1n) is 31.7. The maximum Gasteiger partial charge on any atom is 0.306 e. The predicted octanol–water partition coefficient (Wildman–Crippen LogP) is 15.3. The summed E-state index contributed by atoms with van der Waals surface area (Å²) < 4.78 is 17.5. The first-order valence-corrected chi connectivity index (χ1v) is 31.7. The van der Waals surface area contributed by atoms with E-state index in [1.54, 1.807) is 6.08 Å². The number of carbonyl (C=O) groups is 2. The predicted molar refractivity (Wildman–Crippen MR) is 328 cm³/mol. The topological polar surface area (TPSA) is 175 Å². The van der Waals surface area contributed by atoms with E-state index in [4.69, 9.17) is 14.2 Å². The van der Waals surface area contributed by atoms with Crippen molar-refractivity contribution in [2.75, 3.05) is 13.2 Å². The summed E-state index contributed by atoms with van der Waals surface area (Å²) in [5.74, 6) is -1.28. The van der Waals surface area contributed by atoms with Gasteiger partial charge < -0.3 is 45.1 Å². The second kappa shape index (κ2) is 54.9. The monoisotopic (exact) mass is 1110 g/mol. The molecule has 6 N–H and O–H groups in total. The highest BCUT2D eigenvalue weighted by Gasteiger charge is 2.47. The third kappa shape index (κ3) is 42.8. The molecule has 79 heavy (non-hydrogen) atoms. The van der Waals surface area contributed by atoms with Crippen molar-refractivity contribution >= 4 is 11.9 Å². The Labute approximate surface area is 481 Å². The van der Waals surface area contributed by atoms with Gasteiger partial charge in [0.25, 0.3) is 0 Å². The lowest BCUT2D eigenvalue weighted by Crippen LogP contribution is -2.61. The molecule has 0 spiro atoms. The molecule has 1 amide bonds. The van der Waals surface area contributed by atoms with Gasteiger partial charge in [-0.15, -0.1) is 0 Å². The van der Waals surface area contributed by atoms with Gasteiger partial charge in [0.2, 0.25) is 5.91 Å². The van der Waals surface area contributed by atoms with Gasteiger partial charge in [0.05, 0.1) is 25.4 Å². The molecule has 0 aromatic carbocycles. The standard InChI is InChI=1S/C68H115NO10/c1-4-7-10-13-16-19-22-25-26-27-28-29-30-31-32-33-34-35-38-40-43-46-49-52-55-61(72)67(76)69-59(60(71)54-51-48-45-42-39-36-23-20-17-14-11-8-5-2)58-77-68-66(65(75)64(74)62(57-70)78-68)79-63(73)56-53-50-47-44-41-37-24-21-18-15-12-9-6-3/h9,12,15-16,18-19,21,24-26,28-29,37,41,44,47,51,54,59-62,64-66,68,70-72,74-75H,4-8,10-11,13-14,17,20,22-23,27,30-36,38-40,42-43,45-46,48-50,52-53,55-58H2,1-3H3,(H,69,76)/b12-9+,18-15+,19-16-,24-21-,26-25-,29-28-,41-37-,47-44+,54-51+. The van der Waals surface area contributed by atoms with Crippen LogP contribution in [-0.2, 0) is 23.8 Å². The summed E-state index contributed by atoms with van der Waals surface area (Å²) in [4.78, 5) is 26.5. The molecule has 0 aliphatic carbocycles. The lowest BCUT2D eigenvalue weighted by atomic mass is 9.99. The summed E-state index contributed by atoms with van der Waals surface area (Å²) in [6, 6.07) is -1.05. The Bertz CT molecular complexity index is 1700. The van der Waals surface area contributed by atoms with Crippen molar-refractivity contribution < 1.29 is 49.3 Å². The largest absolute Gasteiger partial charge is 0.454 e. The Balaban J connectivity index is 2.67. The van der Waals surface area contributed by atoms with Crippen molar-refractivity contribution in [2.45, 2.75) is 294 Å². The fourth-order valence-corrected chi connectivity index (χ4v) is 9.28. The summed E-state index contributed by atoms with van der Waals surface area (Å²) in [5.41, 5.74) is 0. The van der Waals surface area contributed by atoms with Crippen LogP contribution in [0.25, 0.3) is 0 Å². The van der Waals surface area contributed by atoms with Crippen LogP contribution in [0, 0.1) is 0 Å². The van der Waals surface area contributed by atoms with E-state index in [1.165, 1.54) is 122 Å². The lowest BCUT2D eigenvalue weighted by Gasteiger charge is -2.41. The number of aliphatic hydroxyl groups is 5. The van der Waals surface area contributed by atoms with E-state index in [0.29, 0.717) is 19.3 Å². The molecule has 0 radical (unpaired) electrons. The average Bonchev–Trinajstić information content (AvgIpc) is 3.49. The number of ether oxygens (including phenoxy) is 3. The Morgan fingerprint density at radius 3 is 1.49 bits per heavy atom. The molecule has 1 heterocycles. The van der Waals surface area contributed by atoms with Crippen molar-refractivity contribution in [3.63, 3.8) is 0 Å². The number of hydrogen-bond donors (Lipinski definition) is 6. The van der Waals surface area contributed by atoms with E-state index in [0.717, 1.165) is 70.6 Å². The third-order valence-corrected chi connectivity index (χ3v) is 14.3. The Morgan fingerprint density at radius 1 is 0.519 bits per heavy atom. The Kier molecular flexibility index (Phi) is 50.9. The molecule has 452 valence electrons. The van der Waals surface area contributed by atoms with Gasteiger partial charge in [-0.1, -0.05) is 271 Å². The first kappa shape index (κ1) is 73.3. The molecule has 8 unspecified atom stereocenters. The molecule has 0 bridgehead atoms. The van der Waals surface area contributed by atoms with Crippen LogP contribution >= 0.6 is 0 Å². The Morgan fingerprint density at radius 2 is 0.962 bits per heavy atom. The van der Waals surface area contributed by atoms with Gasteiger partial charge in [-0.3, -0.25) is 9.59 Å². The molecule has 0 saturated carbocycles. The number of esters is 1. The van der Waals surface area contributed by atoms with Gasteiger partial charge in [-0.05, 0) is 77.0 Å². The molecule has 8 atom stereocenters. The van der Waals surface area contributed by atoms with Gasteiger partial charge in [0.15, 0.2) is 12.4 Å². The summed E-state index contributed by atoms with van der Waals surface area (Å²) in [6.07, 6.45) is 64.3. The number of amides is 1. The highest BCUT2D eigenvalue weighted by Crippen LogP contribution is 2.26. The molecule has 11 nitrogen and oxygen atoms in total. The second-order valence-corrected chi connectivity index (χ2v) is 21.5. The SMILES string of the molecule is CC/C=C/C=C/C=C\C=C/C=C/CCCC(=O)OC1C(OCC(NC(=O)C(O)CCCCCCCCCCCCC/C=C\C/C=C\C/C=C\CCCCC)C(O)/C=C/CCCCCCCCCCCCC)OC(CO)C(O)C1O. The van der Waals surface area contributed by atoms with E-state index in [2.05, 4.69) is 68.6 Å². The van der Waals surface area contributed by atoms with Crippen LogP contribution in [0.1, 0.15) is 245 Å². The molecular weight excluding hydrogens is 991 g/mol. The zero-order valence-electron chi connectivity index (χ0n) is 50.0. The third-order valence-electron chi connectivity index (χ3n) is 14.3. The van der Waals surface area contributed by atoms with Crippen molar-refractivity contribution in [3.05, 3.63) is 109 Å². The van der Waals surface area contributed by atoms with Crippen LogP contribution in [-0.4, -0.2) is 99.6 Å². The molecule has 1 aliphatic rings. The van der Waals surface area contributed by atoms with Crippen molar-refractivity contribution in [2.24, 2.45) is 0 Å². The minimum Gasteiger partial charge on any atom is -0.454 e. The number of aliphatic hydroxyl groups excluding tert-OH is 5. The minimum absolute atomic E-state index is 0.0223. The van der Waals surface area contributed by atoms with E-state index < -0.39 is 67.4 Å². The highest BCUT2D eigenvalue weighted by molar-refractivity contribution is 5.80. The van der Waals surface area contributed by atoms with E-state index in [-0.39, 0.29) is 19.4 Å². The number of carbonyl (C=O) groups excluding carboxylic acids is 2. The van der Waals surface area contributed by atoms with Crippen LogP contribution in [0.4, 0.5) is 0 Å². The van der Waals surface area contributed by atoms with Crippen molar-refractivity contribution in [3.8, 4) is 0 Å². The van der Waals surface area contributed by atoms with Gasteiger partial charge >= 0.3 is 5.97 Å². The summed E-state index contributed by atoms with van der Waals surface area (Å²) in [7, 11) is 0. The molecule has 1 saturated heterocycles. The fourth-order valence-electron chi connectivity index (χ4n) is 9.28. The molecule has 1 fully saturated rings. The lowest BCUT2D eigenvalue weighted by molar-refractivity contribution is -0.305. The molecule has 0 aromatic heterocycles. The van der Waals surface area contributed by atoms with Gasteiger partial charge in [0, 0.05) is 6.42 Å². The molecule has 0 aromatic rings. The summed E-state index contributed by atoms with van der Waals surface area (Å²) >= 11 is 0. The van der Waals surface area contributed by atoms with Gasteiger partial charge in [-0.2, -0.15) is 0 Å². The van der Waals surface area contributed by atoms with Gasteiger partial charge in [0.1, 0.15) is 24.4 Å². The smallest absolute Gasteiger partial charge is 0.306 e. The number of hydrogen-bond acceptors (Lipinski definition) is 10. The summed E-state index contributed by atoms with van der Waals surface area (Å²) in [6.45, 7) is 5.57. The molecular formula is C68H115NO10. The molecule has 1 aliphatic heterocycles. The highest BCUT2D eigenvalue weighted by atomic mass is 16.7. The second-order valence-electron chi connectivity index (χ2n) is 21.5. The van der Waals surface area contributed by atoms with Crippen LogP contribution in [0.15, 0.2) is 109 Å². The quantitative estimate of drug-likeness (QED) is 0.0149. The van der Waals surface area contributed by atoms with E-state index >= 15 is 0 Å². The maximum absolute atomic E-state index is 13.4. The zero-order chi connectivity index (χ0) is 57.5. The Hall–Kier alpha value is -3.68. The van der Waals surface area contributed by atoms with Crippen molar-refractivity contribution in [1.82, 2.24) is 5.32 Å². The van der Waals surface area contributed by atoms with Crippen LogP contribution in [0.5, 0.6) is 0 Å². The minimum atomic E-state index is -1.65. The van der Waals surface area contributed by atoms with Crippen LogP contribution in [0.2, 0.25) is 0 Å². The molecule has 1 rings (SSSR count). The van der Waals surface area contributed by atoms with Crippen LogP contribution < -0.4 is 5.32 Å². The van der Waals surface area contributed by atoms with E-state index in [9.17, 15) is 35.1 Å². The number of rotatable bonds is 52. The fraction of sp³-hybridized carbons (Fsp3) is 0.706. The molecule has 11 heteroatoms. The maximum atomic E-state index is 13.4. The normalized spacial score (nSPS) is 19.6. The van der Waals surface area contributed by atoms with Crippen LogP contribution in [0.3, 0.4) is 0 Å². The van der Waals surface area contributed by atoms with Gasteiger partial charge in [-0.25, -0.2) is 0 Å². The number of allylic oxidation sites excluding steroid dienone is 17. The van der Waals surface area contributed by atoms with Crippen molar-refractivity contribution in [1.29, 1.82) is 0 Å². The number of nitrogens with one attached hydrogen (secondary N) is 1. The van der Waals surface area contributed by atoms with E-state index in [1.807, 2.05) is 60.8 Å².